The summed E-state index contributed by atoms with van der Waals surface area (Å²) in [6.45, 7) is 0. The van der Waals surface area contributed by atoms with Crippen LogP contribution < -0.4 is 11.3 Å². The summed E-state index contributed by atoms with van der Waals surface area (Å²) in [5, 5.41) is 2.22. The highest BCUT2D eigenvalue weighted by molar-refractivity contribution is 7.10. The van der Waals surface area contributed by atoms with E-state index in [1.54, 1.807) is 4.88 Å². The quantitative estimate of drug-likeness (QED) is 0.662. The van der Waals surface area contributed by atoms with Gasteiger partial charge in [0.2, 0.25) is 0 Å². The molecule has 0 aliphatic heterocycles. The average Bonchev–Trinajstić information content (AvgIpc) is 2.94. The summed E-state index contributed by atoms with van der Waals surface area (Å²) in [5.41, 5.74) is 5.93. The smallest absolute Gasteiger partial charge is 0.0319 e. The molecule has 0 saturated heterocycles. The Hall–Kier alpha value is -1.16. The lowest BCUT2D eigenvalue weighted by Crippen LogP contribution is -2.42. The summed E-state index contributed by atoms with van der Waals surface area (Å²) < 4.78 is 0. The second-order valence-electron chi connectivity index (χ2n) is 5.26. The van der Waals surface area contributed by atoms with Crippen LogP contribution in [0.5, 0.6) is 0 Å². The SMILES string of the molecule is NNC(Cc1ccccc1)C1CCCc2sccc21. The van der Waals surface area contributed by atoms with E-state index < -0.39 is 0 Å². The Morgan fingerprint density at radius 3 is 2.89 bits per heavy atom. The van der Waals surface area contributed by atoms with Crippen molar-refractivity contribution in [1.82, 2.24) is 5.43 Å². The predicted octanol–water partition coefficient (Wildman–Crippen LogP) is 3.24. The number of benzene rings is 1. The van der Waals surface area contributed by atoms with Gasteiger partial charge in [0.25, 0.3) is 0 Å². The number of thiophene rings is 1. The van der Waals surface area contributed by atoms with Crippen LogP contribution >= 0.6 is 11.3 Å². The van der Waals surface area contributed by atoms with E-state index in [2.05, 4.69) is 47.2 Å². The molecule has 2 nitrogen and oxygen atoms in total. The maximum atomic E-state index is 5.83. The number of hydrogen-bond acceptors (Lipinski definition) is 3. The molecule has 0 fully saturated rings. The molecule has 1 aliphatic carbocycles. The van der Waals surface area contributed by atoms with E-state index in [-0.39, 0.29) is 0 Å². The minimum absolute atomic E-state index is 0.330. The molecule has 19 heavy (non-hydrogen) atoms. The molecule has 1 aliphatic rings. The molecule has 1 heterocycles. The molecule has 3 rings (SSSR count). The van der Waals surface area contributed by atoms with Crippen molar-refractivity contribution >= 4 is 11.3 Å². The summed E-state index contributed by atoms with van der Waals surface area (Å²) in [7, 11) is 0. The van der Waals surface area contributed by atoms with Gasteiger partial charge in [-0.05, 0) is 48.3 Å². The molecule has 0 radical (unpaired) electrons. The van der Waals surface area contributed by atoms with Crippen LogP contribution in [0.15, 0.2) is 41.8 Å². The van der Waals surface area contributed by atoms with Gasteiger partial charge in [-0.25, -0.2) is 0 Å². The van der Waals surface area contributed by atoms with Gasteiger partial charge < -0.3 is 0 Å². The molecule has 100 valence electrons. The van der Waals surface area contributed by atoms with E-state index in [1.807, 2.05) is 11.3 Å². The standard InChI is InChI=1S/C16H20N2S/c17-18-15(11-12-5-2-1-3-6-12)13-7-4-8-16-14(13)9-10-19-16/h1-3,5-6,9-10,13,15,18H,4,7-8,11,17H2. The van der Waals surface area contributed by atoms with Crippen molar-refractivity contribution in [3.8, 4) is 0 Å². The molecule has 0 bridgehead atoms. The first kappa shape index (κ1) is 12.9. The van der Waals surface area contributed by atoms with Crippen LogP contribution in [-0.4, -0.2) is 6.04 Å². The third-order valence-corrected chi connectivity index (χ3v) is 5.09. The summed E-state index contributed by atoms with van der Waals surface area (Å²) >= 11 is 1.89. The van der Waals surface area contributed by atoms with Gasteiger partial charge in [-0.2, -0.15) is 0 Å². The molecular weight excluding hydrogens is 252 g/mol. The van der Waals surface area contributed by atoms with Crippen LogP contribution in [0.25, 0.3) is 0 Å². The first-order valence-electron chi connectivity index (χ1n) is 6.95. The van der Waals surface area contributed by atoms with E-state index in [9.17, 15) is 0 Å². The van der Waals surface area contributed by atoms with Crippen LogP contribution in [0, 0.1) is 0 Å². The topological polar surface area (TPSA) is 38.0 Å². The van der Waals surface area contributed by atoms with Gasteiger partial charge >= 0.3 is 0 Å². The van der Waals surface area contributed by atoms with Crippen molar-refractivity contribution in [3.05, 3.63) is 57.8 Å². The highest BCUT2D eigenvalue weighted by atomic mass is 32.1. The summed E-state index contributed by atoms with van der Waals surface area (Å²) in [4.78, 5) is 1.56. The van der Waals surface area contributed by atoms with Crippen molar-refractivity contribution in [1.29, 1.82) is 0 Å². The van der Waals surface area contributed by atoms with Gasteiger partial charge in [0.05, 0.1) is 0 Å². The van der Waals surface area contributed by atoms with Gasteiger partial charge in [0, 0.05) is 16.8 Å². The lowest BCUT2D eigenvalue weighted by molar-refractivity contribution is 0.397. The Labute approximate surface area is 118 Å². The number of hydrazine groups is 1. The minimum atomic E-state index is 0.330. The second kappa shape index (κ2) is 5.87. The Morgan fingerprint density at radius 1 is 1.26 bits per heavy atom. The summed E-state index contributed by atoms with van der Waals surface area (Å²) in [5.74, 6) is 6.39. The first-order chi connectivity index (χ1) is 9.38. The number of hydrogen-bond donors (Lipinski definition) is 2. The Morgan fingerprint density at radius 2 is 2.11 bits per heavy atom. The van der Waals surface area contributed by atoms with E-state index in [0.717, 1.165) is 6.42 Å². The van der Waals surface area contributed by atoms with Crippen molar-refractivity contribution in [2.45, 2.75) is 37.6 Å². The van der Waals surface area contributed by atoms with Crippen molar-refractivity contribution in [2.75, 3.05) is 0 Å². The monoisotopic (exact) mass is 272 g/mol. The van der Waals surface area contributed by atoms with Gasteiger partial charge in [0.15, 0.2) is 0 Å². The van der Waals surface area contributed by atoms with Crippen LogP contribution in [-0.2, 0) is 12.8 Å². The average molecular weight is 272 g/mol. The van der Waals surface area contributed by atoms with E-state index in [1.165, 1.54) is 30.4 Å². The Kier molecular flexibility index (Phi) is 3.97. The summed E-state index contributed by atoms with van der Waals surface area (Å²) in [6, 6.07) is 13.2. The van der Waals surface area contributed by atoms with Gasteiger partial charge in [-0.15, -0.1) is 11.3 Å². The molecule has 0 amide bonds. The molecule has 1 aromatic carbocycles. The molecule has 0 spiro atoms. The molecule has 3 heteroatoms. The molecule has 1 aromatic heterocycles. The van der Waals surface area contributed by atoms with E-state index in [4.69, 9.17) is 5.84 Å². The normalized spacial score (nSPS) is 19.9. The van der Waals surface area contributed by atoms with Crippen molar-refractivity contribution in [2.24, 2.45) is 5.84 Å². The zero-order valence-electron chi connectivity index (χ0n) is 11.0. The van der Waals surface area contributed by atoms with Crippen LogP contribution in [0.3, 0.4) is 0 Å². The van der Waals surface area contributed by atoms with E-state index in [0.29, 0.717) is 12.0 Å². The lowest BCUT2D eigenvalue weighted by Gasteiger charge is -2.30. The first-order valence-corrected chi connectivity index (χ1v) is 7.83. The fraction of sp³-hybridized carbons (Fsp3) is 0.375. The zero-order valence-corrected chi connectivity index (χ0v) is 11.8. The van der Waals surface area contributed by atoms with Gasteiger partial charge in [-0.3, -0.25) is 11.3 Å². The number of aryl methyl sites for hydroxylation is 1. The van der Waals surface area contributed by atoms with Crippen molar-refractivity contribution in [3.63, 3.8) is 0 Å². The molecular formula is C16H20N2S. The molecule has 2 atom stereocenters. The zero-order chi connectivity index (χ0) is 13.1. The maximum Gasteiger partial charge on any atom is 0.0319 e. The van der Waals surface area contributed by atoms with Crippen LogP contribution in [0.1, 0.15) is 34.8 Å². The number of rotatable bonds is 4. The Bertz CT molecular complexity index is 521. The number of nitrogens with one attached hydrogen (secondary N) is 1. The maximum absolute atomic E-state index is 5.83. The van der Waals surface area contributed by atoms with E-state index >= 15 is 0 Å². The summed E-state index contributed by atoms with van der Waals surface area (Å²) in [6.07, 6.45) is 4.76. The Balaban J connectivity index is 1.80. The highest BCUT2D eigenvalue weighted by Crippen LogP contribution is 2.37. The third kappa shape index (κ3) is 2.73. The second-order valence-corrected chi connectivity index (χ2v) is 6.26. The molecule has 0 saturated carbocycles. The van der Waals surface area contributed by atoms with Gasteiger partial charge in [0.1, 0.15) is 0 Å². The molecule has 3 N–H and O–H groups in total. The van der Waals surface area contributed by atoms with Gasteiger partial charge in [-0.1, -0.05) is 30.3 Å². The third-order valence-electron chi connectivity index (χ3n) is 4.10. The molecule has 2 aromatic rings. The van der Waals surface area contributed by atoms with Crippen LogP contribution in [0.2, 0.25) is 0 Å². The lowest BCUT2D eigenvalue weighted by atomic mass is 9.80. The number of fused-ring (bicyclic) bond motifs is 1. The van der Waals surface area contributed by atoms with Crippen molar-refractivity contribution < 1.29 is 0 Å². The molecule has 2 unspecified atom stereocenters. The fourth-order valence-corrected chi connectivity index (χ4v) is 4.12. The highest BCUT2D eigenvalue weighted by Gasteiger charge is 2.28. The largest absolute Gasteiger partial charge is 0.271 e. The van der Waals surface area contributed by atoms with Crippen LogP contribution in [0.4, 0.5) is 0 Å². The fourth-order valence-electron chi connectivity index (χ4n) is 3.13. The minimum Gasteiger partial charge on any atom is -0.271 e. The predicted molar refractivity (Wildman–Crippen MR) is 81.3 cm³/mol. The number of nitrogens with two attached hydrogens (primary N) is 1.